The predicted octanol–water partition coefficient (Wildman–Crippen LogP) is 1.28. The van der Waals surface area contributed by atoms with E-state index in [1.807, 2.05) is 24.3 Å². The first-order valence-corrected chi connectivity index (χ1v) is 6.19. The Morgan fingerprint density at radius 1 is 1.45 bits per heavy atom. The third kappa shape index (κ3) is 2.74. The molecule has 106 valence electrons. The van der Waals surface area contributed by atoms with Gasteiger partial charge in [0.05, 0.1) is 12.8 Å². The lowest BCUT2D eigenvalue weighted by molar-refractivity contribution is 0.0778. The number of benzene rings is 1. The summed E-state index contributed by atoms with van der Waals surface area (Å²) in [6.07, 6.45) is 1.62. The summed E-state index contributed by atoms with van der Waals surface area (Å²) in [4.78, 5) is 13.9. The van der Waals surface area contributed by atoms with Gasteiger partial charge in [-0.2, -0.15) is 5.10 Å². The van der Waals surface area contributed by atoms with Crippen LogP contribution in [0.2, 0.25) is 0 Å². The second kappa shape index (κ2) is 5.64. The highest BCUT2D eigenvalue weighted by molar-refractivity contribution is 5.96. The number of ether oxygens (including phenoxy) is 1. The summed E-state index contributed by atoms with van der Waals surface area (Å²) in [5, 5.41) is 4.08. The Balaban J connectivity index is 2.17. The van der Waals surface area contributed by atoms with Gasteiger partial charge in [-0.3, -0.25) is 9.48 Å². The third-order valence-electron chi connectivity index (χ3n) is 3.01. The molecule has 1 aromatic heterocycles. The average Bonchev–Trinajstić information content (AvgIpc) is 2.77. The van der Waals surface area contributed by atoms with Crippen LogP contribution >= 0.6 is 0 Å². The predicted molar refractivity (Wildman–Crippen MR) is 76.4 cm³/mol. The quantitative estimate of drug-likeness (QED) is 0.911. The highest BCUT2D eigenvalue weighted by Gasteiger charge is 2.19. The Kier molecular flexibility index (Phi) is 3.93. The van der Waals surface area contributed by atoms with Crippen LogP contribution in [0.3, 0.4) is 0 Å². The number of rotatable bonds is 4. The van der Waals surface area contributed by atoms with E-state index in [-0.39, 0.29) is 11.6 Å². The normalized spacial score (nSPS) is 10.3. The zero-order chi connectivity index (χ0) is 14.7. The number of hydrogen-bond donors (Lipinski definition) is 1. The van der Waals surface area contributed by atoms with E-state index in [1.54, 1.807) is 32.3 Å². The highest BCUT2D eigenvalue weighted by atomic mass is 16.5. The molecule has 0 spiro atoms. The SMILES string of the molecule is COc1ccccc1CN(C)C(=O)c1nn(C)cc1N. The number of para-hydroxylation sites is 1. The Morgan fingerprint density at radius 3 is 2.75 bits per heavy atom. The topological polar surface area (TPSA) is 73.4 Å². The van der Waals surface area contributed by atoms with Crippen molar-refractivity contribution in [2.24, 2.45) is 7.05 Å². The van der Waals surface area contributed by atoms with Gasteiger partial charge in [-0.25, -0.2) is 0 Å². The van der Waals surface area contributed by atoms with Crippen molar-refractivity contribution in [3.05, 3.63) is 41.7 Å². The summed E-state index contributed by atoms with van der Waals surface area (Å²) in [5.74, 6) is 0.537. The van der Waals surface area contributed by atoms with Crippen molar-refractivity contribution in [3.8, 4) is 5.75 Å². The van der Waals surface area contributed by atoms with Crippen molar-refractivity contribution in [1.29, 1.82) is 0 Å². The number of carbonyl (C=O) groups excluding carboxylic acids is 1. The minimum atomic E-state index is -0.214. The molecular formula is C14H18N4O2. The van der Waals surface area contributed by atoms with Gasteiger partial charge in [0, 0.05) is 32.4 Å². The number of nitrogens with two attached hydrogens (primary N) is 1. The van der Waals surface area contributed by atoms with Crippen molar-refractivity contribution in [1.82, 2.24) is 14.7 Å². The zero-order valence-electron chi connectivity index (χ0n) is 11.8. The van der Waals surface area contributed by atoms with E-state index >= 15 is 0 Å². The minimum absolute atomic E-state index is 0.214. The number of aromatic nitrogens is 2. The molecule has 0 saturated heterocycles. The molecule has 6 heteroatoms. The van der Waals surface area contributed by atoms with Crippen molar-refractivity contribution in [2.45, 2.75) is 6.54 Å². The lowest BCUT2D eigenvalue weighted by Gasteiger charge is -2.18. The molecule has 0 bridgehead atoms. The molecule has 0 unspecified atom stereocenters. The first-order chi connectivity index (χ1) is 9.52. The van der Waals surface area contributed by atoms with Crippen LogP contribution in [0.5, 0.6) is 5.75 Å². The fourth-order valence-electron chi connectivity index (χ4n) is 2.01. The Labute approximate surface area is 117 Å². The monoisotopic (exact) mass is 274 g/mol. The van der Waals surface area contributed by atoms with Crippen LogP contribution < -0.4 is 10.5 Å². The number of nitrogen functional groups attached to an aromatic ring is 1. The Morgan fingerprint density at radius 2 is 2.15 bits per heavy atom. The summed E-state index contributed by atoms with van der Waals surface area (Å²) in [5.41, 5.74) is 7.35. The van der Waals surface area contributed by atoms with Crippen molar-refractivity contribution < 1.29 is 9.53 Å². The van der Waals surface area contributed by atoms with E-state index < -0.39 is 0 Å². The lowest BCUT2D eigenvalue weighted by atomic mass is 10.2. The van der Waals surface area contributed by atoms with Gasteiger partial charge < -0.3 is 15.4 Å². The van der Waals surface area contributed by atoms with Gasteiger partial charge in [-0.15, -0.1) is 0 Å². The molecule has 0 radical (unpaired) electrons. The maximum absolute atomic E-state index is 12.3. The van der Waals surface area contributed by atoms with Crippen molar-refractivity contribution >= 4 is 11.6 Å². The van der Waals surface area contributed by atoms with E-state index in [1.165, 1.54) is 4.68 Å². The van der Waals surface area contributed by atoms with E-state index in [9.17, 15) is 4.79 Å². The van der Waals surface area contributed by atoms with Crippen LogP contribution in [0.4, 0.5) is 5.69 Å². The van der Waals surface area contributed by atoms with Gasteiger partial charge in [-0.05, 0) is 6.07 Å². The lowest BCUT2D eigenvalue weighted by Crippen LogP contribution is -2.27. The molecule has 1 amide bonds. The molecule has 0 fully saturated rings. The number of hydrogen-bond acceptors (Lipinski definition) is 4. The van der Waals surface area contributed by atoms with Gasteiger partial charge in [0.1, 0.15) is 5.75 Å². The van der Waals surface area contributed by atoms with E-state index in [0.717, 1.165) is 11.3 Å². The first kappa shape index (κ1) is 13.9. The van der Waals surface area contributed by atoms with Gasteiger partial charge in [-0.1, -0.05) is 18.2 Å². The standard InChI is InChI=1S/C14H18N4O2/c1-17(8-10-6-4-5-7-12(10)20-3)14(19)13-11(15)9-18(2)16-13/h4-7,9H,8,15H2,1-3H3. The largest absolute Gasteiger partial charge is 0.496 e. The molecule has 2 N–H and O–H groups in total. The summed E-state index contributed by atoms with van der Waals surface area (Å²) in [6.45, 7) is 0.429. The van der Waals surface area contributed by atoms with Crippen molar-refractivity contribution in [2.75, 3.05) is 19.9 Å². The third-order valence-corrected chi connectivity index (χ3v) is 3.01. The smallest absolute Gasteiger partial charge is 0.276 e. The summed E-state index contributed by atoms with van der Waals surface area (Å²) in [7, 11) is 5.05. The highest BCUT2D eigenvalue weighted by Crippen LogP contribution is 2.20. The first-order valence-electron chi connectivity index (χ1n) is 6.19. The van der Waals surface area contributed by atoms with Gasteiger partial charge >= 0.3 is 0 Å². The fourth-order valence-corrected chi connectivity index (χ4v) is 2.01. The molecule has 0 aliphatic heterocycles. The van der Waals surface area contributed by atoms with Crippen LogP contribution in [0.25, 0.3) is 0 Å². The number of anilines is 1. The number of carbonyl (C=O) groups is 1. The minimum Gasteiger partial charge on any atom is -0.496 e. The maximum atomic E-state index is 12.3. The molecule has 0 atom stereocenters. The molecule has 2 rings (SSSR count). The number of nitrogens with zero attached hydrogens (tertiary/aromatic N) is 3. The summed E-state index contributed by atoms with van der Waals surface area (Å²) < 4.78 is 6.80. The molecule has 2 aromatic rings. The molecular weight excluding hydrogens is 256 g/mol. The second-order valence-corrected chi connectivity index (χ2v) is 4.58. The van der Waals surface area contributed by atoms with Crippen molar-refractivity contribution in [3.63, 3.8) is 0 Å². The zero-order valence-corrected chi connectivity index (χ0v) is 11.8. The molecule has 6 nitrogen and oxygen atoms in total. The number of aryl methyl sites for hydroxylation is 1. The van der Waals surface area contributed by atoms with Crippen LogP contribution in [-0.4, -0.2) is 34.7 Å². The van der Waals surface area contributed by atoms with E-state index in [4.69, 9.17) is 10.5 Å². The van der Waals surface area contributed by atoms with Crippen LogP contribution in [-0.2, 0) is 13.6 Å². The Bertz CT molecular complexity index is 621. The second-order valence-electron chi connectivity index (χ2n) is 4.58. The molecule has 1 aromatic carbocycles. The van der Waals surface area contributed by atoms with Crippen LogP contribution in [0.15, 0.2) is 30.5 Å². The molecule has 0 aliphatic rings. The summed E-state index contributed by atoms with van der Waals surface area (Å²) in [6, 6.07) is 7.58. The molecule has 0 aliphatic carbocycles. The van der Waals surface area contributed by atoms with E-state index in [0.29, 0.717) is 12.2 Å². The van der Waals surface area contributed by atoms with Gasteiger partial charge in [0.25, 0.3) is 5.91 Å². The number of methoxy groups -OCH3 is 1. The van der Waals surface area contributed by atoms with Crippen LogP contribution in [0, 0.1) is 0 Å². The van der Waals surface area contributed by atoms with E-state index in [2.05, 4.69) is 5.10 Å². The molecule has 1 heterocycles. The number of amides is 1. The molecule has 20 heavy (non-hydrogen) atoms. The average molecular weight is 274 g/mol. The van der Waals surface area contributed by atoms with Crippen LogP contribution in [0.1, 0.15) is 16.1 Å². The van der Waals surface area contributed by atoms with Gasteiger partial charge in [0.15, 0.2) is 5.69 Å². The maximum Gasteiger partial charge on any atom is 0.276 e. The summed E-state index contributed by atoms with van der Waals surface area (Å²) >= 11 is 0. The Hall–Kier alpha value is -2.50. The fraction of sp³-hybridized carbons (Fsp3) is 0.286. The molecule has 0 saturated carbocycles. The van der Waals surface area contributed by atoms with Gasteiger partial charge in [0.2, 0.25) is 0 Å².